The summed E-state index contributed by atoms with van der Waals surface area (Å²) in [6, 6.07) is 0. The zero-order valence-electron chi connectivity index (χ0n) is 7.86. The fourth-order valence-electron chi connectivity index (χ4n) is 1.18. The summed E-state index contributed by atoms with van der Waals surface area (Å²) in [4.78, 5) is 2.11. The van der Waals surface area contributed by atoms with E-state index in [1.54, 1.807) is 0 Å². The largest absolute Gasteiger partial charge is 0.355 e. The highest BCUT2D eigenvalue weighted by atomic mass is 32.1. The predicted octanol–water partition coefficient (Wildman–Crippen LogP) is 1.36. The Balaban J connectivity index is 3.01. The second-order valence-corrected chi connectivity index (χ2v) is 4.56. The van der Waals surface area contributed by atoms with Gasteiger partial charge in [0.1, 0.15) is 0 Å². The first-order valence-corrected chi connectivity index (χ1v) is 4.26. The minimum absolute atomic E-state index is 0.0683. The van der Waals surface area contributed by atoms with Crippen LogP contribution in [0.5, 0.6) is 0 Å². The lowest BCUT2D eigenvalue weighted by Gasteiger charge is -2.37. The standard InChI is InChI=1S/C8H16N2S/c1-7(2)8(3,4)10(5)6(11)9-7/h1-5H3,(H,9,11). The second kappa shape index (κ2) is 2.09. The molecule has 3 heteroatoms. The van der Waals surface area contributed by atoms with Crippen LogP contribution < -0.4 is 5.32 Å². The van der Waals surface area contributed by atoms with E-state index in [9.17, 15) is 0 Å². The number of rotatable bonds is 0. The minimum atomic E-state index is 0.0683. The van der Waals surface area contributed by atoms with Gasteiger partial charge in [-0.15, -0.1) is 0 Å². The quantitative estimate of drug-likeness (QED) is 0.555. The normalized spacial score (nSPS) is 27.0. The van der Waals surface area contributed by atoms with Crippen molar-refractivity contribution < 1.29 is 0 Å². The van der Waals surface area contributed by atoms with Gasteiger partial charge in [0, 0.05) is 7.05 Å². The maximum Gasteiger partial charge on any atom is 0.169 e. The Labute approximate surface area is 74.0 Å². The van der Waals surface area contributed by atoms with E-state index in [1.165, 1.54) is 0 Å². The molecule has 0 aliphatic carbocycles. The molecule has 0 unspecified atom stereocenters. The summed E-state index contributed by atoms with van der Waals surface area (Å²) < 4.78 is 0. The Bertz CT molecular complexity index is 196. The van der Waals surface area contributed by atoms with E-state index >= 15 is 0 Å². The predicted molar refractivity (Wildman–Crippen MR) is 51.7 cm³/mol. The first kappa shape index (κ1) is 8.78. The molecule has 0 bridgehead atoms. The van der Waals surface area contributed by atoms with Crippen LogP contribution in [0.4, 0.5) is 0 Å². The van der Waals surface area contributed by atoms with Crippen molar-refractivity contribution in [3.8, 4) is 0 Å². The van der Waals surface area contributed by atoms with Crippen LogP contribution >= 0.6 is 12.2 Å². The summed E-state index contributed by atoms with van der Waals surface area (Å²) in [5, 5.41) is 4.14. The van der Waals surface area contributed by atoms with Gasteiger partial charge in [-0.05, 0) is 39.9 Å². The lowest BCUT2D eigenvalue weighted by Crippen LogP contribution is -2.52. The van der Waals surface area contributed by atoms with Crippen molar-refractivity contribution in [2.45, 2.75) is 38.8 Å². The molecule has 0 radical (unpaired) electrons. The van der Waals surface area contributed by atoms with Crippen LogP contribution in [0.2, 0.25) is 0 Å². The highest BCUT2D eigenvalue weighted by molar-refractivity contribution is 7.80. The van der Waals surface area contributed by atoms with E-state index in [0.717, 1.165) is 5.11 Å². The molecule has 1 aliphatic rings. The van der Waals surface area contributed by atoms with Gasteiger partial charge >= 0.3 is 0 Å². The highest BCUT2D eigenvalue weighted by Crippen LogP contribution is 2.32. The Morgan fingerprint density at radius 3 is 1.82 bits per heavy atom. The second-order valence-electron chi connectivity index (χ2n) is 4.17. The fraction of sp³-hybridized carbons (Fsp3) is 0.875. The van der Waals surface area contributed by atoms with Crippen LogP contribution in [0, 0.1) is 0 Å². The summed E-state index contributed by atoms with van der Waals surface area (Å²) in [7, 11) is 2.03. The monoisotopic (exact) mass is 172 g/mol. The fourth-order valence-corrected chi connectivity index (χ4v) is 1.66. The van der Waals surface area contributed by atoms with Gasteiger partial charge in [-0.1, -0.05) is 0 Å². The maximum absolute atomic E-state index is 5.15. The Kier molecular flexibility index (Phi) is 1.67. The average molecular weight is 172 g/mol. The molecular weight excluding hydrogens is 156 g/mol. The molecule has 0 atom stereocenters. The van der Waals surface area contributed by atoms with Gasteiger partial charge in [-0.3, -0.25) is 0 Å². The van der Waals surface area contributed by atoms with E-state index < -0.39 is 0 Å². The number of hydrogen-bond acceptors (Lipinski definition) is 1. The van der Waals surface area contributed by atoms with Gasteiger partial charge in [0.25, 0.3) is 0 Å². The molecule has 1 heterocycles. The van der Waals surface area contributed by atoms with Crippen molar-refractivity contribution in [3.05, 3.63) is 0 Å². The SMILES string of the molecule is CN1C(=S)NC(C)(C)C1(C)C. The molecule has 1 rings (SSSR count). The molecule has 0 amide bonds. The van der Waals surface area contributed by atoms with E-state index in [-0.39, 0.29) is 11.1 Å². The van der Waals surface area contributed by atoms with Gasteiger partial charge in [0.15, 0.2) is 5.11 Å². The maximum atomic E-state index is 5.15. The molecular formula is C8H16N2S. The third-order valence-electron chi connectivity index (χ3n) is 3.09. The third-order valence-corrected chi connectivity index (χ3v) is 3.47. The van der Waals surface area contributed by atoms with Crippen molar-refractivity contribution in [1.82, 2.24) is 10.2 Å². The van der Waals surface area contributed by atoms with Gasteiger partial charge in [-0.2, -0.15) is 0 Å². The van der Waals surface area contributed by atoms with Crippen LogP contribution in [-0.2, 0) is 0 Å². The van der Waals surface area contributed by atoms with E-state index in [2.05, 4.69) is 37.9 Å². The van der Waals surface area contributed by atoms with Gasteiger partial charge < -0.3 is 10.2 Å². The number of thiocarbonyl (C=S) groups is 1. The third kappa shape index (κ3) is 1.02. The zero-order chi connectivity index (χ0) is 8.86. The van der Waals surface area contributed by atoms with Crippen LogP contribution in [0.1, 0.15) is 27.7 Å². The van der Waals surface area contributed by atoms with E-state index in [0.29, 0.717) is 0 Å². The van der Waals surface area contributed by atoms with Crippen LogP contribution in [0.25, 0.3) is 0 Å². The number of hydrogen-bond donors (Lipinski definition) is 1. The molecule has 1 saturated heterocycles. The number of nitrogens with one attached hydrogen (secondary N) is 1. The van der Waals surface area contributed by atoms with Crippen molar-refractivity contribution in [3.63, 3.8) is 0 Å². The molecule has 1 fully saturated rings. The van der Waals surface area contributed by atoms with Crippen LogP contribution in [-0.4, -0.2) is 28.1 Å². The summed E-state index contributed by atoms with van der Waals surface area (Å²) in [5.74, 6) is 0. The molecule has 0 aromatic rings. The van der Waals surface area contributed by atoms with Crippen molar-refractivity contribution in [2.24, 2.45) is 0 Å². The Morgan fingerprint density at radius 2 is 1.73 bits per heavy atom. The molecule has 1 N–H and O–H groups in total. The summed E-state index contributed by atoms with van der Waals surface area (Å²) in [6.45, 7) is 8.73. The molecule has 11 heavy (non-hydrogen) atoms. The highest BCUT2D eigenvalue weighted by Gasteiger charge is 2.47. The zero-order valence-corrected chi connectivity index (χ0v) is 8.67. The van der Waals surface area contributed by atoms with Crippen LogP contribution in [0.15, 0.2) is 0 Å². The van der Waals surface area contributed by atoms with Gasteiger partial charge in [-0.25, -0.2) is 0 Å². The average Bonchev–Trinajstić information content (AvgIpc) is 1.93. The lowest BCUT2D eigenvalue weighted by molar-refractivity contribution is 0.188. The molecule has 0 saturated carbocycles. The lowest BCUT2D eigenvalue weighted by atomic mass is 9.84. The molecule has 2 nitrogen and oxygen atoms in total. The Hall–Kier alpha value is -0.310. The van der Waals surface area contributed by atoms with Crippen LogP contribution in [0.3, 0.4) is 0 Å². The topological polar surface area (TPSA) is 15.3 Å². The van der Waals surface area contributed by atoms with Crippen molar-refractivity contribution >= 4 is 17.3 Å². The van der Waals surface area contributed by atoms with Crippen molar-refractivity contribution in [1.29, 1.82) is 0 Å². The summed E-state index contributed by atoms with van der Waals surface area (Å²) in [6.07, 6.45) is 0. The molecule has 0 aromatic carbocycles. The first-order chi connectivity index (χ1) is 4.79. The smallest absolute Gasteiger partial charge is 0.169 e. The molecule has 1 aliphatic heterocycles. The Morgan fingerprint density at radius 1 is 1.27 bits per heavy atom. The molecule has 0 spiro atoms. The van der Waals surface area contributed by atoms with Crippen molar-refractivity contribution in [2.75, 3.05) is 7.05 Å². The minimum Gasteiger partial charge on any atom is -0.355 e. The van der Waals surface area contributed by atoms with E-state index in [4.69, 9.17) is 12.2 Å². The first-order valence-electron chi connectivity index (χ1n) is 3.85. The number of nitrogens with zero attached hydrogens (tertiary/aromatic N) is 1. The summed E-state index contributed by atoms with van der Waals surface area (Å²) >= 11 is 5.15. The van der Waals surface area contributed by atoms with Gasteiger partial charge in [0.05, 0.1) is 11.1 Å². The molecule has 64 valence electrons. The number of likely N-dealkylation sites (N-methyl/N-ethyl adjacent to an activating group) is 1. The molecule has 0 aromatic heterocycles. The van der Waals surface area contributed by atoms with Gasteiger partial charge in [0.2, 0.25) is 0 Å². The van der Waals surface area contributed by atoms with E-state index in [1.807, 2.05) is 7.05 Å². The summed E-state index contributed by atoms with van der Waals surface area (Å²) in [5.41, 5.74) is 0.170.